The van der Waals surface area contributed by atoms with Gasteiger partial charge in [-0.15, -0.1) is 9.24 Å². The summed E-state index contributed by atoms with van der Waals surface area (Å²) in [5.41, 5.74) is 9.26. The van der Waals surface area contributed by atoms with E-state index in [2.05, 4.69) is 107 Å². The molecule has 0 spiro atoms. The lowest BCUT2D eigenvalue weighted by Crippen LogP contribution is -2.49. The second kappa shape index (κ2) is 12.4. The van der Waals surface area contributed by atoms with E-state index in [0.29, 0.717) is 0 Å². The van der Waals surface area contributed by atoms with Crippen LogP contribution >= 0.6 is 17.2 Å². The van der Waals surface area contributed by atoms with Crippen molar-refractivity contribution in [1.29, 1.82) is 0 Å². The zero-order valence-corrected chi connectivity index (χ0v) is 29.9. The Hall–Kier alpha value is -3.06. The van der Waals surface area contributed by atoms with Crippen LogP contribution in [0, 0.1) is 29.6 Å². The minimum atomic E-state index is -0.688. The van der Waals surface area contributed by atoms with Gasteiger partial charge >= 0.3 is 0 Å². The maximum atomic E-state index is 4.97. The molecule has 2 aromatic carbocycles. The first-order chi connectivity index (χ1) is 22.8. The van der Waals surface area contributed by atoms with Gasteiger partial charge < -0.3 is 0 Å². The van der Waals surface area contributed by atoms with Gasteiger partial charge in [0.15, 0.2) is 0 Å². The first kappa shape index (κ1) is 31.2. The Labute approximate surface area is 284 Å². The normalized spacial score (nSPS) is 27.6. The fourth-order valence-corrected chi connectivity index (χ4v) is 14.5. The summed E-state index contributed by atoms with van der Waals surface area (Å²) < 4.78 is 0. The highest BCUT2D eigenvalue weighted by Crippen LogP contribution is 2.69. The van der Waals surface area contributed by atoms with E-state index < -0.39 is 5.16 Å². The van der Waals surface area contributed by atoms with Crippen LogP contribution in [0.3, 0.4) is 0 Å². The molecule has 4 saturated carbocycles. The predicted octanol–water partition coefficient (Wildman–Crippen LogP) is 9.66. The molecule has 3 unspecified atom stereocenters. The average molecular weight is 657 g/mol. The standard InChI is InChI=1S/C41H46N4P2/c1-40(2,3)47(39-31-19-27-18-28(21-31)22-32(39)20-27)26-34-35(41(46,36-24-42-14-16-44-36)37-25-43-15-17-45-37)23-33(29-10-6-4-7-11-29)38(34)30-12-8-5-9-13-30/h4-17,23-25,27-28,31-32,34,39H,18-22,26,46H2,1-3H3. The van der Waals surface area contributed by atoms with E-state index >= 15 is 0 Å². The van der Waals surface area contributed by atoms with Gasteiger partial charge in [0.2, 0.25) is 0 Å². The monoisotopic (exact) mass is 656 g/mol. The van der Waals surface area contributed by atoms with Gasteiger partial charge in [0.25, 0.3) is 0 Å². The van der Waals surface area contributed by atoms with E-state index in [4.69, 9.17) is 9.97 Å². The SMILES string of the molecule is CC(C)(C)P(CC1C(C(P)(c2cnccn2)c2cnccn2)=CC(c2ccccc2)=C1c1ccccc1)C1C2CC3CC(C2)CC1C3. The molecule has 4 bridgehead atoms. The molecule has 0 N–H and O–H groups in total. The number of allylic oxidation sites excluding steroid dienone is 4. The van der Waals surface area contributed by atoms with Crippen LogP contribution in [0.2, 0.25) is 0 Å². The van der Waals surface area contributed by atoms with Gasteiger partial charge in [-0.05, 0) is 101 Å². The second-order valence-corrected chi connectivity index (χ2v) is 19.6. The van der Waals surface area contributed by atoms with Gasteiger partial charge in [-0.1, -0.05) is 95.4 Å². The number of nitrogens with zero attached hydrogens (tertiary/aromatic N) is 4. The molecule has 5 aliphatic carbocycles. The third-order valence-corrected chi connectivity index (χ3v) is 16.6. The van der Waals surface area contributed by atoms with E-state index in [1.165, 1.54) is 60.0 Å². The van der Waals surface area contributed by atoms with Gasteiger partial charge in [-0.3, -0.25) is 19.9 Å². The third-order valence-electron chi connectivity index (χ3n) is 11.7. The van der Waals surface area contributed by atoms with Crippen LogP contribution in [0.5, 0.6) is 0 Å². The maximum Gasteiger partial charge on any atom is 0.0934 e. The van der Waals surface area contributed by atoms with Crippen molar-refractivity contribution in [2.24, 2.45) is 29.6 Å². The summed E-state index contributed by atoms with van der Waals surface area (Å²) in [6.07, 6.45) is 22.0. The third kappa shape index (κ3) is 5.64. The van der Waals surface area contributed by atoms with Crippen molar-refractivity contribution in [3.05, 3.63) is 132 Å². The highest BCUT2D eigenvalue weighted by molar-refractivity contribution is 7.60. The molecular formula is C41H46N4P2. The Bertz CT molecular complexity index is 1700. The van der Waals surface area contributed by atoms with E-state index in [-0.39, 0.29) is 19.0 Å². The zero-order chi connectivity index (χ0) is 32.2. The van der Waals surface area contributed by atoms with Crippen LogP contribution in [-0.2, 0) is 5.16 Å². The fourth-order valence-electron chi connectivity index (χ4n) is 9.96. The van der Waals surface area contributed by atoms with Crippen LogP contribution in [0.15, 0.2) is 109 Å². The van der Waals surface area contributed by atoms with Crippen molar-refractivity contribution in [2.75, 3.05) is 6.16 Å². The van der Waals surface area contributed by atoms with Crippen molar-refractivity contribution in [3.63, 3.8) is 0 Å². The molecule has 4 nitrogen and oxygen atoms in total. The highest BCUT2D eigenvalue weighted by atomic mass is 31.1. The van der Waals surface area contributed by atoms with Crippen molar-refractivity contribution < 1.29 is 0 Å². The molecule has 9 rings (SSSR count). The van der Waals surface area contributed by atoms with Crippen LogP contribution in [-0.4, -0.2) is 36.9 Å². The van der Waals surface area contributed by atoms with E-state index in [9.17, 15) is 0 Å². The van der Waals surface area contributed by atoms with E-state index in [1.54, 1.807) is 12.4 Å². The molecule has 5 aliphatic rings. The van der Waals surface area contributed by atoms with Crippen molar-refractivity contribution in [2.45, 2.75) is 68.8 Å². The van der Waals surface area contributed by atoms with Crippen molar-refractivity contribution in [1.82, 2.24) is 19.9 Å². The summed E-state index contributed by atoms with van der Waals surface area (Å²) in [4.78, 5) is 19.1. The molecule has 4 aromatic rings. The van der Waals surface area contributed by atoms with Crippen LogP contribution < -0.4 is 0 Å². The first-order valence-electron chi connectivity index (χ1n) is 17.5. The summed E-state index contributed by atoms with van der Waals surface area (Å²) in [7, 11) is 2.90. The predicted molar refractivity (Wildman–Crippen MR) is 198 cm³/mol. The van der Waals surface area contributed by atoms with Gasteiger partial charge in [-0.2, -0.15) is 0 Å². The van der Waals surface area contributed by atoms with Crippen LogP contribution in [0.4, 0.5) is 0 Å². The highest BCUT2D eigenvalue weighted by Gasteiger charge is 2.54. The smallest absolute Gasteiger partial charge is 0.0934 e. The molecule has 0 amide bonds. The molecular weight excluding hydrogens is 610 g/mol. The zero-order valence-electron chi connectivity index (χ0n) is 27.8. The molecule has 0 aliphatic heterocycles. The molecule has 6 heteroatoms. The average Bonchev–Trinajstić information content (AvgIpc) is 3.48. The van der Waals surface area contributed by atoms with Gasteiger partial charge in [0.05, 0.1) is 28.9 Å². The van der Waals surface area contributed by atoms with E-state index in [0.717, 1.165) is 46.9 Å². The summed E-state index contributed by atoms with van der Waals surface area (Å²) in [5, 5.41) is -0.451. The summed E-state index contributed by atoms with van der Waals surface area (Å²) in [6.45, 7) is 7.64. The Kier molecular flexibility index (Phi) is 8.26. The minimum absolute atomic E-state index is 0.191. The van der Waals surface area contributed by atoms with Crippen molar-refractivity contribution >= 4 is 28.3 Å². The Morgan fingerprint density at radius 1 is 0.702 bits per heavy atom. The van der Waals surface area contributed by atoms with E-state index in [1.807, 2.05) is 24.8 Å². The molecule has 3 atom stereocenters. The Balaban J connectivity index is 1.34. The van der Waals surface area contributed by atoms with Gasteiger partial charge in [0.1, 0.15) is 0 Å². The lowest BCUT2D eigenvalue weighted by molar-refractivity contribution is 0.0242. The largest absolute Gasteiger partial charge is 0.261 e. The molecule has 2 heterocycles. The fraction of sp³-hybridized carbons (Fsp3) is 0.415. The number of rotatable bonds is 8. The lowest BCUT2D eigenvalue weighted by Gasteiger charge is -2.59. The summed E-state index contributed by atoms with van der Waals surface area (Å²) >= 11 is 0. The van der Waals surface area contributed by atoms with Gasteiger partial charge in [-0.25, -0.2) is 0 Å². The number of hydrogen-bond donors (Lipinski definition) is 0. The van der Waals surface area contributed by atoms with Crippen LogP contribution in [0.1, 0.15) is 75.4 Å². The molecule has 240 valence electrons. The topological polar surface area (TPSA) is 51.6 Å². The Morgan fingerprint density at radius 2 is 1.23 bits per heavy atom. The van der Waals surface area contributed by atoms with Gasteiger partial charge in [0, 0.05) is 30.7 Å². The maximum absolute atomic E-state index is 4.97. The molecule has 4 fully saturated rings. The summed E-state index contributed by atoms with van der Waals surface area (Å²) in [5.74, 6) is 3.93. The minimum Gasteiger partial charge on any atom is -0.261 e. The quantitative estimate of drug-likeness (QED) is 0.177. The summed E-state index contributed by atoms with van der Waals surface area (Å²) in [6, 6.07) is 22.2. The van der Waals surface area contributed by atoms with Crippen LogP contribution in [0.25, 0.3) is 11.1 Å². The second-order valence-electron chi connectivity index (χ2n) is 15.4. The molecule has 0 radical (unpaired) electrons. The number of benzene rings is 2. The Morgan fingerprint density at radius 3 is 1.72 bits per heavy atom. The molecule has 2 aromatic heterocycles. The number of hydrogen-bond acceptors (Lipinski definition) is 4. The first-order valence-corrected chi connectivity index (χ1v) is 19.6. The number of aromatic nitrogens is 4. The lowest BCUT2D eigenvalue weighted by atomic mass is 9.56. The van der Waals surface area contributed by atoms with Crippen molar-refractivity contribution in [3.8, 4) is 0 Å². The molecule has 47 heavy (non-hydrogen) atoms. The molecule has 0 saturated heterocycles.